The van der Waals surface area contributed by atoms with E-state index < -0.39 is 17.5 Å². The second-order valence-corrected chi connectivity index (χ2v) is 5.84. The Morgan fingerprint density at radius 1 is 1.19 bits per heavy atom. The number of rotatable bonds is 4. The molecule has 0 bridgehead atoms. The van der Waals surface area contributed by atoms with E-state index in [4.69, 9.17) is 0 Å². The molecule has 0 heterocycles. The summed E-state index contributed by atoms with van der Waals surface area (Å²) in [7, 11) is 0. The van der Waals surface area contributed by atoms with Gasteiger partial charge in [0.05, 0.1) is 10.2 Å². The van der Waals surface area contributed by atoms with E-state index in [0.717, 1.165) is 6.07 Å². The van der Waals surface area contributed by atoms with Crippen molar-refractivity contribution in [1.29, 1.82) is 0 Å². The van der Waals surface area contributed by atoms with Crippen molar-refractivity contribution < 1.29 is 18.0 Å². The first kappa shape index (κ1) is 15.9. The van der Waals surface area contributed by atoms with Crippen LogP contribution in [-0.2, 0) is 0 Å². The zero-order chi connectivity index (χ0) is 15.4. The van der Waals surface area contributed by atoms with Crippen molar-refractivity contribution in [2.24, 2.45) is 0 Å². The Balaban J connectivity index is 2.21. The molecule has 0 saturated heterocycles. The number of anilines is 1. The molecule has 0 radical (unpaired) electrons. The van der Waals surface area contributed by atoms with Crippen LogP contribution in [0.4, 0.5) is 18.9 Å². The number of alkyl halides is 2. The second-order valence-electron chi connectivity index (χ2n) is 3.96. The van der Waals surface area contributed by atoms with Crippen molar-refractivity contribution in [3.8, 4) is 0 Å². The van der Waals surface area contributed by atoms with Crippen LogP contribution in [0, 0.1) is 5.82 Å². The van der Waals surface area contributed by atoms with E-state index in [0.29, 0.717) is 11.8 Å². The van der Waals surface area contributed by atoms with Crippen molar-refractivity contribution in [2.45, 2.75) is 10.7 Å². The lowest BCUT2D eigenvalue weighted by atomic mass is 10.2. The summed E-state index contributed by atoms with van der Waals surface area (Å²) in [6, 6.07) is 10.1. The fourth-order valence-corrected chi connectivity index (χ4v) is 2.44. The molecule has 0 aliphatic heterocycles. The Morgan fingerprint density at radius 2 is 1.90 bits per heavy atom. The number of hydrogen-bond acceptors (Lipinski definition) is 2. The Kier molecular flexibility index (Phi) is 5.30. The normalized spacial score (nSPS) is 10.7. The molecule has 0 atom stereocenters. The van der Waals surface area contributed by atoms with Crippen LogP contribution < -0.4 is 5.32 Å². The van der Waals surface area contributed by atoms with E-state index in [-0.39, 0.29) is 20.6 Å². The van der Waals surface area contributed by atoms with Crippen LogP contribution in [0.15, 0.2) is 51.8 Å². The summed E-state index contributed by atoms with van der Waals surface area (Å²) in [6.45, 7) is 0. The number of nitrogens with one attached hydrogen (secondary N) is 1. The van der Waals surface area contributed by atoms with Crippen molar-refractivity contribution in [1.82, 2.24) is 0 Å². The highest BCUT2D eigenvalue weighted by molar-refractivity contribution is 9.10. The average Bonchev–Trinajstić information content (AvgIpc) is 2.43. The van der Waals surface area contributed by atoms with E-state index >= 15 is 0 Å². The third-order valence-electron chi connectivity index (χ3n) is 2.53. The quantitative estimate of drug-likeness (QED) is 0.748. The minimum atomic E-state index is -2.59. The maximum Gasteiger partial charge on any atom is 0.288 e. The third-order valence-corrected chi connectivity index (χ3v) is 3.96. The molecule has 0 spiro atoms. The van der Waals surface area contributed by atoms with Crippen LogP contribution in [0.25, 0.3) is 0 Å². The van der Waals surface area contributed by atoms with Crippen LogP contribution in [0.2, 0.25) is 0 Å². The topological polar surface area (TPSA) is 29.1 Å². The number of para-hydroxylation sites is 1. The lowest BCUT2D eigenvalue weighted by Crippen LogP contribution is -2.13. The fraction of sp³-hybridized carbons (Fsp3) is 0.0714. The monoisotopic (exact) mass is 375 g/mol. The number of benzene rings is 2. The zero-order valence-electron chi connectivity index (χ0n) is 10.4. The highest BCUT2D eigenvalue weighted by Gasteiger charge is 2.13. The first-order valence-electron chi connectivity index (χ1n) is 5.77. The summed E-state index contributed by atoms with van der Waals surface area (Å²) < 4.78 is 38.6. The number of halogens is 4. The van der Waals surface area contributed by atoms with Gasteiger partial charge in [-0.2, -0.15) is 8.78 Å². The minimum Gasteiger partial charge on any atom is -0.321 e. The van der Waals surface area contributed by atoms with E-state index in [2.05, 4.69) is 21.2 Å². The summed E-state index contributed by atoms with van der Waals surface area (Å²) in [4.78, 5) is 12.3. The van der Waals surface area contributed by atoms with E-state index in [1.54, 1.807) is 12.1 Å². The van der Waals surface area contributed by atoms with Crippen LogP contribution in [-0.4, -0.2) is 11.7 Å². The van der Waals surface area contributed by atoms with Crippen molar-refractivity contribution >= 4 is 39.3 Å². The maximum atomic E-state index is 13.4. The smallest absolute Gasteiger partial charge is 0.288 e. The van der Waals surface area contributed by atoms with Crippen molar-refractivity contribution in [3.63, 3.8) is 0 Å². The molecular weight excluding hydrogens is 367 g/mol. The summed E-state index contributed by atoms with van der Waals surface area (Å²) >= 11 is 3.33. The molecule has 21 heavy (non-hydrogen) atoms. The molecule has 110 valence electrons. The van der Waals surface area contributed by atoms with Gasteiger partial charge >= 0.3 is 0 Å². The molecule has 7 heteroatoms. The lowest BCUT2D eigenvalue weighted by molar-refractivity contribution is 0.102. The molecule has 2 rings (SSSR count). The highest BCUT2D eigenvalue weighted by atomic mass is 79.9. The first-order chi connectivity index (χ1) is 9.97. The molecule has 2 aromatic rings. The van der Waals surface area contributed by atoms with Crippen LogP contribution in [0.3, 0.4) is 0 Å². The number of thioether (sulfide) groups is 1. The molecular formula is C14H9BrF3NOS. The zero-order valence-corrected chi connectivity index (χ0v) is 12.8. The maximum absolute atomic E-state index is 13.4. The van der Waals surface area contributed by atoms with Gasteiger partial charge in [0.2, 0.25) is 0 Å². The number of amides is 1. The predicted molar refractivity (Wildman–Crippen MR) is 80.4 cm³/mol. The molecule has 1 amide bonds. The van der Waals surface area contributed by atoms with Crippen LogP contribution in [0.1, 0.15) is 10.4 Å². The lowest BCUT2D eigenvalue weighted by Gasteiger charge is -2.10. The Bertz CT molecular complexity index is 666. The number of carbonyl (C=O) groups excluding carboxylic acids is 1. The van der Waals surface area contributed by atoms with Crippen molar-refractivity contribution in [2.75, 3.05) is 5.32 Å². The van der Waals surface area contributed by atoms with Gasteiger partial charge in [0.25, 0.3) is 11.7 Å². The molecule has 1 N–H and O–H groups in total. The fourth-order valence-electron chi connectivity index (χ4n) is 1.60. The first-order valence-corrected chi connectivity index (χ1v) is 7.45. The minimum absolute atomic E-state index is 0.104. The SMILES string of the molecule is O=C(Nc1ccccc1SC(F)F)c1ccc(Br)c(F)c1. The van der Waals surface area contributed by atoms with Gasteiger partial charge in [-0.3, -0.25) is 4.79 Å². The average molecular weight is 376 g/mol. The Morgan fingerprint density at radius 3 is 2.57 bits per heavy atom. The highest BCUT2D eigenvalue weighted by Crippen LogP contribution is 2.31. The summed E-state index contributed by atoms with van der Waals surface area (Å²) in [5.41, 5.74) is 0.365. The molecule has 0 aliphatic carbocycles. The van der Waals surface area contributed by atoms with Gasteiger partial charge in [-0.05, 0) is 46.3 Å². The summed E-state index contributed by atoms with van der Waals surface area (Å²) in [6.07, 6.45) is 0. The van der Waals surface area contributed by atoms with Gasteiger partial charge in [0.1, 0.15) is 5.82 Å². The van der Waals surface area contributed by atoms with E-state index in [1.165, 1.54) is 24.3 Å². The van der Waals surface area contributed by atoms with Gasteiger partial charge in [0, 0.05) is 10.5 Å². The predicted octanol–water partition coefficient (Wildman–Crippen LogP) is 5.16. The van der Waals surface area contributed by atoms with E-state index in [1.807, 2.05) is 0 Å². The summed E-state index contributed by atoms with van der Waals surface area (Å²) in [5.74, 6) is -3.73. The number of hydrogen-bond donors (Lipinski definition) is 1. The number of carbonyl (C=O) groups is 1. The van der Waals surface area contributed by atoms with Gasteiger partial charge < -0.3 is 5.32 Å². The van der Waals surface area contributed by atoms with E-state index in [9.17, 15) is 18.0 Å². The molecule has 0 saturated carbocycles. The van der Waals surface area contributed by atoms with Crippen LogP contribution in [0.5, 0.6) is 0 Å². The standard InChI is InChI=1S/C14H9BrF3NOS/c15-9-6-5-8(7-10(9)16)13(20)19-11-3-1-2-4-12(11)21-14(17)18/h1-7,14H,(H,19,20). The van der Waals surface area contributed by atoms with Crippen LogP contribution >= 0.6 is 27.7 Å². The third kappa shape index (κ3) is 4.25. The molecule has 0 unspecified atom stereocenters. The Labute approximate surface area is 131 Å². The molecule has 0 fully saturated rings. The largest absolute Gasteiger partial charge is 0.321 e. The summed E-state index contributed by atoms with van der Waals surface area (Å²) in [5, 5.41) is 2.50. The molecule has 2 aromatic carbocycles. The Hall–Kier alpha value is -1.47. The van der Waals surface area contributed by atoms with Gasteiger partial charge in [-0.15, -0.1) is 0 Å². The van der Waals surface area contributed by atoms with Gasteiger partial charge in [-0.1, -0.05) is 23.9 Å². The van der Waals surface area contributed by atoms with Gasteiger partial charge in [0.15, 0.2) is 0 Å². The molecule has 2 nitrogen and oxygen atoms in total. The van der Waals surface area contributed by atoms with Crippen molar-refractivity contribution in [3.05, 3.63) is 58.3 Å². The molecule has 0 aromatic heterocycles. The second kappa shape index (κ2) is 7.00. The molecule has 0 aliphatic rings. The van der Waals surface area contributed by atoms with Gasteiger partial charge in [-0.25, -0.2) is 4.39 Å².